The molecule has 0 radical (unpaired) electrons. The molecule has 0 bridgehead atoms. The van der Waals surface area contributed by atoms with Gasteiger partial charge in [0.05, 0.1) is 0 Å². The minimum Gasteiger partial charge on any atom is -0.126 e. The van der Waals surface area contributed by atoms with Gasteiger partial charge in [-0.15, -0.1) is 11.6 Å². The summed E-state index contributed by atoms with van der Waals surface area (Å²) in [7, 11) is 0. The van der Waals surface area contributed by atoms with Crippen LogP contribution in [0.3, 0.4) is 0 Å². The van der Waals surface area contributed by atoms with Crippen LogP contribution in [0, 0.1) is 0 Å². The second kappa shape index (κ2) is 10.8. The Labute approximate surface area is 81.3 Å². The highest BCUT2D eigenvalue weighted by Crippen LogP contribution is 1.99. The van der Waals surface area contributed by atoms with E-state index < -0.39 is 0 Å². The first-order valence-corrected chi connectivity index (χ1v) is 5.33. The predicted octanol–water partition coefficient (Wildman–Crippen LogP) is 4.31. The number of halogens is 1. The molecule has 0 aliphatic heterocycles. The summed E-state index contributed by atoms with van der Waals surface area (Å²) in [5.74, 6) is 0.722. The number of alkyl halides is 1. The summed E-state index contributed by atoms with van der Waals surface area (Å²) in [6, 6.07) is 0. The fourth-order valence-electron chi connectivity index (χ4n) is 0.925. The van der Waals surface area contributed by atoms with E-state index >= 15 is 0 Å². The minimum atomic E-state index is 0.722. The van der Waals surface area contributed by atoms with E-state index in [0.717, 1.165) is 12.3 Å². The Morgan fingerprint density at radius 3 is 2.25 bits per heavy atom. The number of allylic oxidation sites excluding steroid dienone is 4. The fourth-order valence-corrected chi connectivity index (χ4v) is 1.05. The molecule has 12 heavy (non-hydrogen) atoms. The zero-order valence-electron chi connectivity index (χ0n) is 7.93. The average Bonchev–Trinajstić information content (AvgIpc) is 2.10. The van der Waals surface area contributed by atoms with Gasteiger partial charge in [0.15, 0.2) is 0 Å². The largest absolute Gasteiger partial charge is 0.126 e. The fraction of sp³-hybridized carbons (Fsp3) is 0.636. The van der Waals surface area contributed by atoms with E-state index in [4.69, 9.17) is 11.6 Å². The first-order valence-electron chi connectivity index (χ1n) is 4.79. The van der Waals surface area contributed by atoms with Crippen molar-refractivity contribution in [2.24, 2.45) is 0 Å². The first kappa shape index (κ1) is 11.8. The molecule has 0 rings (SSSR count). The second-order valence-electron chi connectivity index (χ2n) is 2.83. The van der Waals surface area contributed by atoms with Gasteiger partial charge in [-0.25, -0.2) is 0 Å². The normalized spacial score (nSPS) is 11.8. The monoisotopic (exact) mass is 186 g/mol. The van der Waals surface area contributed by atoms with Crippen molar-refractivity contribution >= 4 is 11.6 Å². The van der Waals surface area contributed by atoms with E-state index in [1.54, 1.807) is 0 Å². The SMILES string of the molecule is CCCCCC=CC=CCCCl. The van der Waals surface area contributed by atoms with Crippen LogP contribution in [0.15, 0.2) is 24.3 Å². The summed E-state index contributed by atoms with van der Waals surface area (Å²) in [4.78, 5) is 0. The Hall–Kier alpha value is -0.230. The molecule has 0 aliphatic rings. The van der Waals surface area contributed by atoms with Crippen molar-refractivity contribution in [3.63, 3.8) is 0 Å². The smallest absolute Gasteiger partial charge is 0.0258 e. The molecular formula is C11H19Cl. The van der Waals surface area contributed by atoms with Gasteiger partial charge in [-0.3, -0.25) is 0 Å². The average molecular weight is 187 g/mol. The lowest BCUT2D eigenvalue weighted by Crippen LogP contribution is -1.70. The molecule has 0 saturated heterocycles. The highest BCUT2D eigenvalue weighted by Gasteiger charge is 1.79. The molecule has 0 atom stereocenters. The van der Waals surface area contributed by atoms with Gasteiger partial charge >= 0.3 is 0 Å². The number of hydrogen-bond donors (Lipinski definition) is 0. The maximum atomic E-state index is 5.51. The van der Waals surface area contributed by atoms with E-state index in [9.17, 15) is 0 Å². The molecule has 0 unspecified atom stereocenters. The lowest BCUT2D eigenvalue weighted by Gasteiger charge is -1.89. The molecule has 70 valence electrons. The summed E-state index contributed by atoms with van der Waals surface area (Å²) >= 11 is 5.51. The van der Waals surface area contributed by atoms with E-state index in [2.05, 4.69) is 31.2 Å². The van der Waals surface area contributed by atoms with Gasteiger partial charge < -0.3 is 0 Å². The Bertz CT molecular complexity index is 125. The summed E-state index contributed by atoms with van der Waals surface area (Å²) < 4.78 is 0. The predicted molar refractivity (Wildman–Crippen MR) is 57.8 cm³/mol. The molecule has 0 aromatic carbocycles. The Morgan fingerprint density at radius 2 is 1.67 bits per heavy atom. The molecule has 0 N–H and O–H groups in total. The van der Waals surface area contributed by atoms with Crippen LogP contribution >= 0.6 is 11.6 Å². The summed E-state index contributed by atoms with van der Waals surface area (Å²) in [6.45, 7) is 2.23. The van der Waals surface area contributed by atoms with Crippen molar-refractivity contribution < 1.29 is 0 Å². The van der Waals surface area contributed by atoms with Gasteiger partial charge in [0, 0.05) is 5.88 Å². The third kappa shape index (κ3) is 9.77. The zero-order chi connectivity index (χ0) is 9.07. The van der Waals surface area contributed by atoms with Crippen LogP contribution in [0.25, 0.3) is 0 Å². The van der Waals surface area contributed by atoms with E-state index in [1.165, 1.54) is 25.7 Å². The molecule has 0 aromatic heterocycles. The maximum Gasteiger partial charge on any atom is 0.0258 e. The molecule has 0 spiro atoms. The number of hydrogen-bond acceptors (Lipinski definition) is 0. The molecule has 0 aliphatic carbocycles. The topological polar surface area (TPSA) is 0 Å². The second-order valence-corrected chi connectivity index (χ2v) is 3.21. The van der Waals surface area contributed by atoms with Crippen LogP contribution in [0.5, 0.6) is 0 Å². The van der Waals surface area contributed by atoms with E-state index in [0.29, 0.717) is 0 Å². The van der Waals surface area contributed by atoms with Crippen molar-refractivity contribution in [2.45, 2.75) is 39.0 Å². The zero-order valence-corrected chi connectivity index (χ0v) is 8.69. The van der Waals surface area contributed by atoms with Crippen LogP contribution in [0.1, 0.15) is 39.0 Å². The molecule has 0 fully saturated rings. The van der Waals surface area contributed by atoms with Crippen molar-refractivity contribution in [1.82, 2.24) is 0 Å². The summed E-state index contributed by atoms with van der Waals surface area (Å²) in [5, 5.41) is 0. The maximum absolute atomic E-state index is 5.51. The van der Waals surface area contributed by atoms with Crippen molar-refractivity contribution in [3.05, 3.63) is 24.3 Å². The molecule has 0 heterocycles. The van der Waals surface area contributed by atoms with Crippen LogP contribution in [-0.4, -0.2) is 5.88 Å². The van der Waals surface area contributed by atoms with Crippen LogP contribution in [0.4, 0.5) is 0 Å². The third-order valence-electron chi connectivity index (χ3n) is 1.63. The van der Waals surface area contributed by atoms with Crippen LogP contribution in [-0.2, 0) is 0 Å². The Morgan fingerprint density at radius 1 is 1.00 bits per heavy atom. The van der Waals surface area contributed by atoms with Crippen molar-refractivity contribution in [3.8, 4) is 0 Å². The quantitative estimate of drug-likeness (QED) is 0.316. The third-order valence-corrected chi connectivity index (χ3v) is 1.85. The minimum absolute atomic E-state index is 0.722. The summed E-state index contributed by atoms with van der Waals surface area (Å²) in [6.07, 6.45) is 14.7. The van der Waals surface area contributed by atoms with Gasteiger partial charge in [0.2, 0.25) is 0 Å². The molecule has 0 saturated carbocycles. The number of rotatable bonds is 7. The van der Waals surface area contributed by atoms with E-state index in [-0.39, 0.29) is 0 Å². The van der Waals surface area contributed by atoms with Gasteiger partial charge in [0.1, 0.15) is 0 Å². The first-order chi connectivity index (χ1) is 5.91. The molecule has 1 heteroatoms. The Balaban J connectivity index is 3.13. The van der Waals surface area contributed by atoms with Crippen molar-refractivity contribution in [1.29, 1.82) is 0 Å². The van der Waals surface area contributed by atoms with Crippen LogP contribution < -0.4 is 0 Å². The number of unbranched alkanes of at least 4 members (excludes halogenated alkanes) is 3. The van der Waals surface area contributed by atoms with Gasteiger partial charge in [-0.1, -0.05) is 44.1 Å². The molecule has 0 amide bonds. The van der Waals surface area contributed by atoms with Gasteiger partial charge in [-0.2, -0.15) is 0 Å². The van der Waals surface area contributed by atoms with Gasteiger partial charge in [0.25, 0.3) is 0 Å². The van der Waals surface area contributed by atoms with Crippen LogP contribution in [0.2, 0.25) is 0 Å². The molecule has 0 nitrogen and oxygen atoms in total. The highest BCUT2D eigenvalue weighted by atomic mass is 35.5. The lowest BCUT2D eigenvalue weighted by molar-refractivity contribution is 0.729. The van der Waals surface area contributed by atoms with E-state index in [1.807, 2.05) is 0 Å². The highest BCUT2D eigenvalue weighted by molar-refractivity contribution is 6.17. The Kier molecular flexibility index (Phi) is 10.6. The standard InChI is InChI=1S/C11H19Cl/c1-2-3-4-5-6-7-8-9-10-11-12/h6-9H,2-5,10-11H2,1H3. The van der Waals surface area contributed by atoms with Gasteiger partial charge in [-0.05, 0) is 19.3 Å². The van der Waals surface area contributed by atoms with Crippen molar-refractivity contribution in [2.75, 3.05) is 5.88 Å². The lowest BCUT2D eigenvalue weighted by atomic mass is 10.2. The summed E-state index contributed by atoms with van der Waals surface area (Å²) in [5.41, 5.74) is 0. The molecule has 0 aromatic rings. The molecular weight excluding hydrogens is 168 g/mol.